The fourth-order valence-corrected chi connectivity index (χ4v) is 7.61. The van der Waals surface area contributed by atoms with Crippen LogP contribution < -0.4 is 4.90 Å². The van der Waals surface area contributed by atoms with Crippen LogP contribution in [0.3, 0.4) is 0 Å². The quantitative estimate of drug-likeness (QED) is 0.176. The van der Waals surface area contributed by atoms with Crippen LogP contribution in [0.25, 0.3) is 44.5 Å². The molecule has 0 amide bonds. The van der Waals surface area contributed by atoms with Gasteiger partial charge in [0.15, 0.2) is 0 Å². The second kappa shape index (κ2) is 12.1. The average Bonchev–Trinajstić information content (AvgIpc) is 3.16. The van der Waals surface area contributed by atoms with Crippen molar-refractivity contribution in [2.75, 3.05) is 4.90 Å². The van der Waals surface area contributed by atoms with E-state index in [1.165, 1.54) is 55.6 Å². The van der Waals surface area contributed by atoms with E-state index in [9.17, 15) is 0 Å². The van der Waals surface area contributed by atoms with Crippen LogP contribution in [0.1, 0.15) is 38.8 Å². The Labute approximate surface area is 291 Å². The Morgan fingerprint density at radius 3 is 1.31 bits per heavy atom. The van der Waals surface area contributed by atoms with Crippen molar-refractivity contribution in [3.8, 4) is 44.5 Å². The van der Waals surface area contributed by atoms with Gasteiger partial charge in [0.1, 0.15) is 0 Å². The summed E-state index contributed by atoms with van der Waals surface area (Å²) in [4.78, 5) is 2.41. The highest BCUT2D eigenvalue weighted by Gasteiger charge is 2.45. The van der Waals surface area contributed by atoms with Crippen molar-refractivity contribution in [3.63, 3.8) is 0 Å². The van der Waals surface area contributed by atoms with Crippen LogP contribution in [0.2, 0.25) is 0 Å². The summed E-state index contributed by atoms with van der Waals surface area (Å²) in [5, 5.41) is 0. The minimum Gasteiger partial charge on any atom is -0.310 e. The molecule has 0 atom stereocenters. The third-order valence-electron chi connectivity index (χ3n) is 11.1. The summed E-state index contributed by atoms with van der Waals surface area (Å²) in [6, 6.07) is 64.1. The number of rotatable bonds is 6. The topological polar surface area (TPSA) is 3.24 Å². The molecule has 0 radical (unpaired) electrons. The Hall–Kier alpha value is -5.66. The lowest BCUT2D eigenvalue weighted by Gasteiger charge is -2.48. The van der Waals surface area contributed by atoms with Crippen molar-refractivity contribution >= 4 is 17.1 Å². The molecule has 1 nitrogen and oxygen atoms in total. The van der Waals surface area contributed by atoms with Crippen LogP contribution >= 0.6 is 0 Å². The predicted molar refractivity (Wildman–Crippen MR) is 209 cm³/mol. The highest BCUT2D eigenvalue weighted by molar-refractivity contribution is 5.90. The van der Waals surface area contributed by atoms with Gasteiger partial charge < -0.3 is 4.90 Å². The number of nitrogens with zero attached hydrogens (tertiary/aromatic N) is 1. The van der Waals surface area contributed by atoms with E-state index in [0.717, 1.165) is 17.1 Å². The Morgan fingerprint density at radius 2 is 0.735 bits per heavy atom. The summed E-state index contributed by atoms with van der Waals surface area (Å²) in [6.07, 6.45) is 0. The molecule has 0 fully saturated rings. The Balaban J connectivity index is 1.28. The van der Waals surface area contributed by atoms with Crippen LogP contribution in [0, 0.1) is 0 Å². The maximum absolute atomic E-state index is 2.46. The second-order valence-corrected chi connectivity index (χ2v) is 14.2. The van der Waals surface area contributed by atoms with Gasteiger partial charge in [-0.2, -0.15) is 0 Å². The predicted octanol–water partition coefficient (Wildman–Crippen LogP) is 13.4. The van der Waals surface area contributed by atoms with E-state index >= 15 is 0 Å². The molecule has 1 aliphatic rings. The Morgan fingerprint density at radius 1 is 0.327 bits per heavy atom. The van der Waals surface area contributed by atoms with Gasteiger partial charge in [0.25, 0.3) is 0 Å². The van der Waals surface area contributed by atoms with E-state index in [1.54, 1.807) is 0 Å². The van der Waals surface area contributed by atoms with Gasteiger partial charge >= 0.3 is 0 Å². The third kappa shape index (κ3) is 5.27. The summed E-state index contributed by atoms with van der Waals surface area (Å²) < 4.78 is 0. The number of benzene rings is 7. The van der Waals surface area contributed by atoms with Gasteiger partial charge in [0.05, 0.1) is 5.69 Å². The molecule has 1 heteroatoms. The smallest absolute Gasteiger partial charge is 0.0540 e. The lowest BCUT2D eigenvalue weighted by atomic mass is 9.55. The standard InChI is InChI=1S/C48H41N/c1-47(2)44-21-13-11-20-42(44)43-32-27-38(33-45(43)48(47,3)4)41-19-12-14-22-46(41)49(39-28-23-36(24-29-39)34-15-7-5-8-16-34)40-30-25-37(26-31-40)35-17-9-6-10-18-35/h5-33H,1-4H3. The highest BCUT2D eigenvalue weighted by atomic mass is 15.1. The van der Waals surface area contributed by atoms with E-state index in [0.29, 0.717) is 0 Å². The maximum Gasteiger partial charge on any atom is 0.0540 e. The second-order valence-electron chi connectivity index (χ2n) is 14.2. The molecule has 1 aliphatic carbocycles. The zero-order valence-electron chi connectivity index (χ0n) is 28.7. The van der Waals surface area contributed by atoms with Gasteiger partial charge in [0, 0.05) is 16.9 Å². The zero-order chi connectivity index (χ0) is 33.6. The van der Waals surface area contributed by atoms with E-state index < -0.39 is 0 Å². The molecular weight excluding hydrogens is 591 g/mol. The molecule has 238 valence electrons. The van der Waals surface area contributed by atoms with Gasteiger partial charge in [0.2, 0.25) is 0 Å². The van der Waals surface area contributed by atoms with E-state index in [4.69, 9.17) is 0 Å². The monoisotopic (exact) mass is 631 g/mol. The van der Waals surface area contributed by atoms with E-state index in [1.807, 2.05) is 0 Å². The minimum atomic E-state index is -0.0676. The molecular formula is C48H41N. The van der Waals surface area contributed by atoms with Crippen LogP contribution in [0.4, 0.5) is 17.1 Å². The lowest BCUT2D eigenvalue weighted by Crippen LogP contribution is -2.43. The summed E-state index contributed by atoms with van der Waals surface area (Å²) in [5.74, 6) is 0. The first kappa shape index (κ1) is 30.7. The number of para-hydroxylation sites is 1. The molecule has 0 heterocycles. The average molecular weight is 632 g/mol. The van der Waals surface area contributed by atoms with Crippen molar-refractivity contribution in [2.24, 2.45) is 0 Å². The van der Waals surface area contributed by atoms with Crippen LogP contribution in [-0.2, 0) is 10.8 Å². The molecule has 7 aromatic rings. The summed E-state index contributed by atoms with van der Waals surface area (Å²) in [5.41, 5.74) is 16.1. The summed E-state index contributed by atoms with van der Waals surface area (Å²) in [6.45, 7) is 9.61. The van der Waals surface area contributed by atoms with Gasteiger partial charge in [-0.15, -0.1) is 0 Å². The Kier molecular flexibility index (Phi) is 7.57. The molecule has 0 saturated heterocycles. The molecule has 49 heavy (non-hydrogen) atoms. The fraction of sp³-hybridized carbons (Fsp3) is 0.125. The van der Waals surface area contributed by atoms with Crippen LogP contribution in [0.5, 0.6) is 0 Å². The third-order valence-corrected chi connectivity index (χ3v) is 11.1. The first-order valence-corrected chi connectivity index (χ1v) is 17.3. The molecule has 0 aromatic heterocycles. The van der Waals surface area contributed by atoms with Crippen LogP contribution in [0.15, 0.2) is 176 Å². The van der Waals surface area contributed by atoms with E-state index in [2.05, 4.69) is 209 Å². The molecule has 0 bridgehead atoms. The largest absolute Gasteiger partial charge is 0.310 e. The maximum atomic E-state index is 2.46. The molecule has 0 N–H and O–H groups in total. The molecule has 0 saturated carbocycles. The number of hydrogen-bond donors (Lipinski definition) is 0. The molecule has 0 unspecified atom stereocenters. The number of hydrogen-bond acceptors (Lipinski definition) is 1. The molecule has 8 rings (SSSR count). The molecule has 7 aromatic carbocycles. The van der Waals surface area contributed by atoms with Gasteiger partial charge in [-0.25, -0.2) is 0 Å². The number of fused-ring (bicyclic) bond motifs is 3. The van der Waals surface area contributed by atoms with Crippen molar-refractivity contribution in [3.05, 3.63) is 187 Å². The van der Waals surface area contributed by atoms with Crippen molar-refractivity contribution in [1.29, 1.82) is 0 Å². The highest BCUT2D eigenvalue weighted by Crippen LogP contribution is 2.54. The van der Waals surface area contributed by atoms with Crippen molar-refractivity contribution < 1.29 is 0 Å². The summed E-state index contributed by atoms with van der Waals surface area (Å²) in [7, 11) is 0. The normalized spacial score (nSPS) is 14.0. The molecule has 0 aliphatic heterocycles. The van der Waals surface area contributed by atoms with Crippen molar-refractivity contribution in [1.82, 2.24) is 0 Å². The first-order chi connectivity index (χ1) is 23.8. The molecule has 0 spiro atoms. The Bertz CT molecular complexity index is 2160. The van der Waals surface area contributed by atoms with Gasteiger partial charge in [-0.1, -0.05) is 167 Å². The number of anilines is 3. The summed E-state index contributed by atoms with van der Waals surface area (Å²) >= 11 is 0. The van der Waals surface area contributed by atoms with Gasteiger partial charge in [-0.3, -0.25) is 0 Å². The zero-order valence-corrected chi connectivity index (χ0v) is 28.7. The van der Waals surface area contributed by atoms with Gasteiger partial charge in [-0.05, 0) is 97.3 Å². The van der Waals surface area contributed by atoms with Crippen molar-refractivity contribution in [2.45, 2.75) is 38.5 Å². The van der Waals surface area contributed by atoms with Crippen LogP contribution in [-0.4, -0.2) is 0 Å². The minimum absolute atomic E-state index is 0.0260. The fourth-order valence-electron chi connectivity index (χ4n) is 7.61. The lowest BCUT2D eigenvalue weighted by molar-refractivity contribution is 0.299. The van der Waals surface area contributed by atoms with E-state index in [-0.39, 0.29) is 10.8 Å². The first-order valence-electron chi connectivity index (χ1n) is 17.3. The SMILES string of the molecule is CC1(C)c2ccccc2-c2ccc(-c3ccccc3N(c3ccc(-c4ccccc4)cc3)c3ccc(-c4ccccc4)cc3)cc2C1(C)C.